The number of hydrogen-bond donors (Lipinski definition) is 1. The molecule has 2 aromatic carbocycles. The standard InChI is InChI=1S/C22H21ClN4O2/c23-17-8-9-20(24-14-17)25-21(28)15-26-10-12-27(13-11-26)22(29)19-7-3-5-16-4-1-2-6-18(16)19/h1-9,14H,10-13,15H2,(H,24,25,28). The molecule has 1 aliphatic rings. The average molecular weight is 409 g/mol. The highest BCUT2D eigenvalue weighted by atomic mass is 35.5. The molecule has 0 aliphatic carbocycles. The molecule has 1 aliphatic heterocycles. The molecule has 1 N–H and O–H groups in total. The summed E-state index contributed by atoms with van der Waals surface area (Å²) in [5.41, 5.74) is 0.725. The van der Waals surface area contributed by atoms with E-state index >= 15 is 0 Å². The fourth-order valence-electron chi connectivity index (χ4n) is 3.53. The number of anilines is 1. The van der Waals surface area contributed by atoms with Crippen molar-refractivity contribution < 1.29 is 9.59 Å². The van der Waals surface area contributed by atoms with Crippen molar-refractivity contribution in [2.45, 2.75) is 0 Å². The molecular formula is C22H21ClN4O2. The molecule has 3 aromatic rings. The van der Waals surface area contributed by atoms with Crippen LogP contribution in [0, 0.1) is 0 Å². The maximum absolute atomic E-state index is 13.0. The van der Waals surface area contributed by atoms with E-state index in [0.29, 0.717) is 37.0 Å². The van der Waals surface area contributed by atoms with Gasteiger partial charge in [-0.3, -0.25) is 14.5 Å². The summed E-state index contributed by atoms with van der Waals surface area (Å²) < 4.78 is 0. The van der Waals surface area contributed by atoms with Gasteiger partial charge in [0.2, 0.25) is 5.91 Å². The van der Waals surface area contributed by atoms with Crippen molar-refractivity contribution in [1.29, 1.82) is 0 Å². The van der Waals surface area contributed by atoms with Crippen LogP contribution in [0.1, 0.15) is 10.4 Å². The first-order valence-corrected chi connectivity index (χ1v) is 9.89. The van der Waals surface area contributed by atoms with Gasteiger partial charge in [-0.25, -0.2) is 4.98 Å². The molecule has 29 heavy (non-hydrogen) atoms. The van der Waals surface area contributed by atoms with Crippen molar-refractivity contribution >= 4 is 40.0 Å². The molecule has 0 bridgehead atoms. The number of amides is 2. The van der Waals surface area contributed by atoms with Crippen LogP contribution in [0.5, 0.6) is 0 Å². The van der Waals surface area contributed by atoms with Gasteiger partial charge in [-0.1, -0.05) is 48.0 Å². The van der Waals surface area contributed by atoms with Crippen LogP contribution in [0.4, 0.5) is 5.82 Å². The number of carbonyl (C=O) groups excluding carboxylic acids is 2. The van der Waals surface area contributed by atoms with Gasteiger partial charge in [0.15, 0.2) is 0 Å². The lowest BCUT2D eigenvalue weighted by molar-refractivity contribution is -0.117. The smallest absolute Gasteiger partial charge is 0.254 e. The molecule has 0 spiro atoms. The van der Waals surface area contributed by atoms with Gasteiger partial charge >= 0.3 is 0 Å². The summed E-state index contributed by atoms with van der Waals surface area (Å²) in [6.45, 7) is 2.75. The Morgan fingerprint density at radius 2 is 1.72 bits per heavy atom. The molecule has 4 rings (SSSR count). The lowest BCUT2D eigenvalue weighted by Crippen LogP contribution is -2.50. The molecule has 148 valence electrons. The zero-order valence-corrected chi connectivity index (χ0v) is 16.6. The number of hydrogen-bond acceptors (Lipinski definition) is 4. The number of benzene rings is 2. The van der Waals surface area contributed by atoms with Crippen LogP contribution in [0.15, 0.2) is 60.8 Å². The lowest BCUT2D eigenvalue weighted by atomic mass is 10.0. The summed E-state index contributed by atoms with van der Waals surface area (Å²) >= 11 is 5.80. The molecule has 1 fully saturated rings. The number of piperazine rings is 1. The fraction of sp³-hybridized carbons (Fsp3) is 0.227. The molecule has 2 amide bonds. The quantitative estimate of drug-likeness (QED) is 0.719. The summed E-state index contributed by atoms with van der Waals surface area (Å²) in [4.78, 5) is 33.2. The third kappa shape index (κ3) is 4.55. The van der Waals surface area contributed by atoms with E-state index < -0.39 is 0 Å². The van der Waals surface area contributed by atoms with Gasteiger partial charge in [0.05, 0.1) is 11.6 Å². The van der Waals surface area contributed by atoms with Gasteiger partial charge < -0.3 is 10.2 Å². The zero-order chi connectivity index (χ0) is 20.2. The van der Waals surface area contributed by atoms with E-state index in [2.05, 4.69) is 10.3 Å². The third-order valence-corrected chi connectivity index (χ3v) is 5.27. The number of rotatable bonds is 4. The van der Waals surface area contributed by atoms with Crippen LogP contribution in [0.2, 0.25) is 5.02 Å². The summed E-state index contributed by atoms with van der Waals surface area (Å²) in [6, 6.07) is 17.1. The Morgan fingerprint density at radius 3 is 2.48 bits per heavy atom. The molecule has 0 radical (unpaired) electrons. The molecule has 0 saturated carbocycles. The van der Waals surface area contributed by atoms with E-state index in [0.717, 1.165) is 16.3 Å². The van der Waals surface area contributed by atoms with Crippen molar-refractivity contribution in [2.75, 3.05) is 38.0 Å². The topological polar surface area (TPSA) is 65.5 Å². The van der Waals surface area contributed by atoms with Gasteiger partial charge in [0.1, 0.15) is 5.82 Å². The largest absolute Gasteiger partial charge is 0.336 e. The minimum atomic E-state index is -0.131. The van der Waals surface area contributed by atoms with Crippen molar-refractivity contribution in [3.8, 4) is 0 Å². The number of carbonyl (C=O) groups is 2. The molecule has 6 nitrogen and oxygen atoms in total. The van der Waals surface area contributed by atoms with Crippen molar-refractivity contribution in [1.82, 2.24) is 14.8 Å². The maximum atomic E-state index is 13.0. The zero-order valence-electron chi connectivity index (χ0n) is 15.8. The maximum Gasteiger partial charge on any atom is 0.254 e. The number of halogens is 1. The van der Waals surface area contributed by atoms with Crippen molar-refractivity contribution in [2.24, 2.45) is 0 Å². The highest BCUT2D eigenvalue weighted by Crippen LogP contribution is 2.20. The Hall–Kier alpha value is -2.96. The minimum absolute atomic E-state index is 0.0382. The van der Waals surface area contributed by atoms with Gasteiger partial charge in [-0.15, -0.1) is 0 Å². The van der Waals surface area contributed by atoms with Gasteiger partial charge in [-0.2, -0.15) is 0 Å². The van der Waals surface area contributed by atoms with Crippen LogP contribution in [-0.4, -0.2) is 59.3 Å². The fourth-order valence-corrected chi connectivity index (χ4v) is 3.64. The monoisotopic (exact) mass is 408 g/mol. The molecule has 1 aromatic heterocycles. The molecular weight excluding hydrogens is 388 g/mol. The molecule has 0 unspecified atom stereocenters. The van der Waals surface area contributed by atoms with Gasteiger partial charge in [-0.05, 0) is 29.0 Å². The molecule has 0 atom stereocenters. The Balaban J connectivity index is 1.33. The van der Waals surface area contributed by atoms with E-state index in [4.69, 9.17) is 11.6 Å². The third-order valence-electron chi connectivity index (χ3n) is 5.04. The van der Waals surface area contributed by atoms with E-state index in [9.17, 15) is 9.59 Å². The molecule has 2 heterocycles. The highest BCUT2D eigenvalue weighted by molar-refractivity contribution is 6.30. The first kappa shape index (κ1) is 19.4. The predicted octanol–water partition coefficient (Wildman–Crippen LogP) is 3.28. The minimum Gasteiger partial charge on any atom is -0.336 e. The number of nitrogens with one attached hydrogen (secondary N) is 1. The second kappa shape index (κ2) is 8.59. The Labute approximate surface area is 174 Å². The Kier molecular flexibility index (Phi) is 5.74. The summed E-state index contributed by atoms with van der Waals surface area (Å²) in [5, 5.41) is 5.32. The number of pyridine rings is 1. The van der Waals surface area contributed by atoms with Crippen LogP contribution >= 0.6 is 11.6 Å². The second-order valence-electron chi connectivity index (χ2n) is 7.00. The van der Waals surface area contributed by atoms with E-state index in [1.165, 1.54) is 6.20 Å². The first-order valence-electron chi connectivity index (χ1n) is 9.51. The number of aromatic nitrogens is 1. The number of fused-ring (bicyclic) bond motifs is 1. The van der Waals surface area contributed by atoms with Crippen LogP contribution < -0.4 is 5.32 Å². The Bertz CT molecular complexity index is 1030. The summed E-state index contributed by atoms with van der Waals surface area (Å²) in [5.74, 6) is 0.383. The SMILES string of the molecule is O=C(CN1CCN(C(=O)c2cccc3ccccc23)CC1)Nc1ccc(Cl)cn1. The van der Waals surface area contributed by atoms with Crippen molar-refractivity contribution in [3.63, 3.8) is 0 Å². The van der Waals surface area contributed by atoms with Crippen LogP contribution in [0.3, 0.4) is 0 Å². The normalized spacial score (nSPS) is 14.7. The average Bonchev–Trinajstić information content (AvgIpc) is 2.75. The first-order chi connectivity index (χ1) is 14.1. The molecule has 7 heteroatoms. The van der Waals surface area contributed by atoms with Crippen LogP contribution in [-0.2, 0) is 4.79 Å². The van der Waals surface area contributed by atoms with Crippen LogP contribution in [0.25, 0.3) is 10.8 Å². The van der Waals surface area contributed by atoms with Gasteiger partial charge in [0, 0.05) is 37.9 Å². The Morgan fingerprint density at radius 1 is 0.966 bits per heavy atom. The van der Waals surface area contributed by atoms with Gasteiger partial charge in [0.25, 0.3) is 5.91 Å². The summed E-state index contributed by atoms with van der Waals surface area (Å²) in [7, 11) is 0. The summed E-state index contributed by atoms with van der Waals surface area (Å²) in [6.07, 6.45) is 1.49. The highest BCUT2D eigenvalue weighted by Gasteiger charge is 2.24. The second-order valence-corrected chi connectivity index (χ2v) is 7.44. The van der Waals surface area contributed by atoms with E-state index in [1.54, 1.807) is 12.1 Å². The predicted molar refractivity (Wildman–Crippen MR) is 114 cm³/mol. The van der Waals surface area contributed by atoms with E-state index in [-0.39, 0.29) is 18.4 Å². The molecule has 1 saturated heterocycles. The lowest BCUT2D eigenvalue weighted by Gasteiger charge is -2.34. The number of nitrogens with zero attached hydrogens (tertiary/aromatic N) is 3. The van der Waals surface area contributed by atoms with Crippen molar-refractivity contribution in [3.05, 3.63) is 71.4 Å². The van der Waals surface area contributed by atoms with E-state index in [1.807, 2.05) is 52.3 Å².